The second kappa shape index (κ2) is 6.52. The first-order valence-electron chi connectivity index (χ1n) is 6.91. The van der Waals surface area contributed by atoms with Crippen LogP contribution in [0.4, 0.5) is 0 Å². The van der Waals surface area contributed by atoms with Crippen LogP contribution in [-0.2, 0) is 9.59 Å². The van der Waals surface area contributed by atoms with Crippen LogP contribution >= 0.6 is 0 Å². The molecule has 0 radical (unpaired) electrons. The summed E-state index contributed by atoms with van der Waals surface area (Å²) in [7, 11) is 0. The Kier molecular flexibility index (Phi) is 4.74. The first kappa shape index (κ1) is 14.5. The fraction of sp³-hybridized carbons (Fsp3) is 0.467. The summed E-state index contributed by atoms with van der Waals surface area (Å²) in [4.78, 5) is 22.9. The molecule has 0 aliphatic heterocycles. The quantitative estimate of drug-likeness (QED) is 0.776. The molecule has 20 heavy (non-hydrogen) atoms. The van der Waals surface area contributed by atoms with E-state index >= 15 is 0 Å². The first-order chi connectivity index (χ1) is 9.58. The van der Waals surface area contributed by atoms with Crippen LogP contribution in [0.25, 0.3) is 0 Å². The maximum Gasteiger partial charge on any atom is 0.306 e. The van der Waals surface area contributed by atoms with Crippen LogP contribution in [0.2, 0.25) is 0 Å². The van der Waals surface area contributed by atoms with Gasteiger partial charge in [0.2, 0.25) is 5.91 Å². The minimum absolute atomic E-state index is 0.0351. The molecule has 1 atom stereocenters. The minimum Gasteiger partial charge on any atom is -0.481 e. The number of amides is 1. The van der Waals surface area contributed by atoms with Crippen LogP contribution in [-0.4, -0.2) is 23.0 Å². The van der Waals surface area contributed by atoms with E-state index in [2.05, 4.69) is 5.32 Å². The number of carbonyl (C=O) groups excluding carboxylic acids is 1. The number of aliphatic carboxylic acids is 1. The highest BCUT2D eigenvalue weighted by Crippen LogP contribution is 2.24. The van der Waals surface area contributed by atoms with Crippen molar-refractivity contribution >= 4 is 11.9 Å². The van der Waals surface area contributed by atoms with E-state index in [1.807, 2.05) is 30.3 Å². The van der Waals surface area contributed by atoms with Gasteiger partial charge in [-0.25, -0.2) is 0 Å². The number of hydrogen-bond acceptors (Lipinski definition) is 3. The van der Waals surface area contributed by atoms with Gasteiger partial charge in [0.1, 0.15) is 6.04 Å². The van der Waals surface area contributed by atoms with Crippen molar-refractivity contribution < 1.29 is 14.7 Å². The number of carboxylic acids is 1. The normalized spacial score (nSPS) is 23.9. The fourth-order valence-electron chi connectivity index (χ4n) is 2.59. The van der Waals surface area contributed by atoms with Gasteiger partial charge in [-0.15, -0.1) is 0 Å². The van der Waals surface area contributed by atoms with Crippen LogP contribution in [0.3, 0.4) is 0 Å². The molecule has 0 saturated heterocycles. The van der Waals surface area contributed by atoms with Gasteiger partial charge in [0.15, 0.2) is 0 Å². The molecule has 4 N–H and O–H groups in total. The van der Waals surface area contributed by atoms with Crippen LogP contribution in [0.5, 0.6) is 0 Å². The van der Waals surface area contributed by atoms with Gasteiger partial charge in [-0.2, -0.15) is 0 Å². The zero-order valence-corrected chi connectivity index (χ0v) is 11.3. The van der Waals surface area contributed by atoms with E-state index in [0.717, 1.165) is 5.56 Å². The van der Waals surface area contributed by atoms with Crippen LogP contribution in [0, 0.1) is 5.92 Å². The van der Waals surface area contributed by atoms with E-state index < -0.39 is 12.0 Å². The SMILES string of the molecule is N[C@@H](C(=O)NC1CCC(C(=O)O)CC1)c1ccccc1. The number of nitrogens with two attached hydrogens (primary N) is 1. The summed E-state index contributed by atoms with van der Waals surface area (Å²) >= 11 is 0. The Labute approximate surface area is 118 Å². The molecule has 5 nitrogen and oxygen atoms in total. The van der Waals surface area contributed by atoms with Crippen molar-refractivity contribution in [2.24, 2.45) is 11.7 Å². The molecule has 0 unspecified atom stereocenters. The molecule has 1 aromatic rings. The largest absolute Gasteiger partial charge is 0.481 e. The molecule has 5 heteroatoms. The predicted molar refractivity (Wildman–Crippen MR) is 74.9 cm³/mol. The first-order valence-corrected chi connectivity index (χ1v) is 6.91. The van der Waals surface area contributed by atoms with Crippen molar-refractivity contribution in [1.29, 1.82) is 0 Å². The van der Waals surface area contributed by atoms with Gasteiger partial charge in [0.25, 0.3) is 0 Å². The molecule has 1 fully saturated rings. The Balaban J connectivity index is 1.85. The molecule has 1 aliphatic carbocycles. The fourth-order valence-corrected chi connectivity index (χ4v) is 2.59. The standard InChI is InChI=1S/C15H20N2O3/c16-13(10-4-2-1-3-5-10)14(18)17-12-8-6-11(7-9-12)15(19)20/h1-5,11-13H,6-9,16H2,(H,17,18)(H,19,20)/t11?,12?,13-/m1/s1. The van der Waals surface area contributed by atoms with Crippen molar-refractivity contribution in [3.8, 4) is 0 Å². The summed E-state index contributed by atoms with van der Waals surface area (Å²) in [6.07, 6.45) is 2.62. The molecule has 0 heterocycles. The van der Waals surface area contributed by atoms with Gasteiger partial charge < -0.3 is 16.2 Å². The van der Waals surface area contributed by atoms with Crippen molar-refractivity contribution in [1.82, 2.24) is 5.32 Å². The number of rotatable bonds is 4. The van der Waals surface area contributed by atoms with E-state index in [1.165, 1.54) is 0 Å². The lowest BCUT2D eigenvalue weighted by atomic mass is 9.86. The highest BCUT2D eigenvalue weighted by atomic mass is 16.4. The monoisotopic (exact) mass is 276 g/mol. The Morgan fingerprint density at radius 1 is 1.15 bits per heavy atom. The molecule has 1 amide bonds. The van der Waals surface area contributed by atoms with Crippen molar-refractivity contribution in [2.45, 2.75) is 37.8 Å². The Morgan fingerprint density at radius 3 is 2.30 bits per heavy atom. The lowest BCUT2D eigenvalue weighted by Crippen LogP contribution is -2.43. The van der Waals surface area contributed by atoms with Crippen LogP contribution in [0.1, 0.15) is 37.3 Å². The number of carboxylic acid groups (broad SMARTS) is 1. The zero-order chi connectivity index (χ0) is 14.5. The lowest BCUT2D eigenvalue weighted by molar-refractivity contribution is -0.142. The van der Waals surface area contributed by atoms with Crippen LogP contribution in [0.15, 0.2) is 30.3 Å². The number of hydrogen-bond donors (Lipinski definition) is 3. The second-order valence-electron chi connectivity index (χ2n) is 5.28. The van der Waals surface area contributed by atoms with E-state index in [4.69, 9.17) is 10.8 Å². The van der Waals surface area contributed by atoms with Gasteiger partial charge in [-0.3, -0.25) is 9.59 Å². The second-order valence-corrected chi connectivity index (χ2v) is 5.28. The summed E-state index contributed by atoms with van der Waals surface area (Å²) in [5.41, 5.74) is 6.71. The van der Waals surface area contributed by atoms with Crippen molar-refractivity contribution in [2.75, 3.05) is 0 Å². The molecular weight excluding hydrogens is 256 g/mol. The summed E-state index contributed by atoms with van der Waals surface area (Å²) < 4.78 is 0. The van der Waals surface area contributed by atoms with E-state index in [1.54, 1.807) is 0 Å². The van der Waals surface area contributed by atoms with Gasteiger partial charge in [-0.05, 0) is 31.2 Å². The number of nitrogens with one attached hydrogen (secondary N) is 1. The Morgan fingerprint density at radius 2 is 1.75 bits per heavy atom. The summed E-state index contributed by atoms with van der Waals surface area (Å²) in [6, 6.07) is 8.58. The smallest absolute Gasteiger partial charge is 0.306 e. The molecule has 0 bridgehead atoms. The number of carbonyl (C=O) groups is 2. The highest BCUT2D eigenvalue weighted by molar-refractivity contribution is 5.83. The molecule has 108 valence electrons. The van der Waals surface area contributed by atoms with Gasteiger partial charge >= 0.3 is 5.97 Å². The van der Waals surface area contributed by atoms with E-state index in [0.29, 0.717) is 25.7 Å². The average molecular weight is 276 g/mol. The summed E-state index contributed by atoms with van der Waals surface area (Å²) in [5, 5.41) is 11.9. The Hall–Kier alpha value is -1.88. The number of benzene rings is 1. The Bertz CT molecular complexity index is 467. The minimum atomic E-state index is -0.740. The van der Waals surface area contributed by atoms with Gasteiger partial charge in [0.05, 0.1) is 5.92 Å². The molecule has 2 rings (SSSR count). The molecule has 0 spiro atoms. The lowest BCUT2D eigenvalue weighted by Gasteiger charge is -2.27. The molecule has 0 aromatic heterocycles. The van der Waals surface area contributed by atoms with Gasteiger partial charge in [0, 0.05) is 6.04 Å². The average Bonchev–Trinajstić information content (AvgIpc) is 2.48. The van der Waals surface area contributed by atoms with Crippen molar-refractivity contribution in [3.05, 3.63) is 35.9 Å². The topological polar surface area (TPSA) is 92.4 Å². The van der Waals surface area contributed by atoms with E-state index in [9.17, 15) is 9.59 Å². The van der Waals surface area contributed by atoms with Crippen LogP contribution < -0.4 is 11.1 Å². The third-order valence-corrected chi connectivity index (χ3v) is 3.86. The van der Waals surface area contributed by atoms with E-state index in [-0.39, 0.29) is 17.9 Å². The summed E-state index contributed by atoms with van der Waals surface area (Å²) in [6.45, 7) is 0. The molecule has 1 aliphatic rings. The highest BCUT2D eigenvalue weighted by Gasteiger charge is 2.27. The maximum absolute atomic E-state index is 12.1. The van der Waals surface area contributed by atoms with Crippen molar-refractivity contribution in [3.63, 3.8) is 0 Å². The molecule has 1 aromatic carbocycles. The van der Waals surface area contributed by atoms with Gasteiger partial charge in [-0.1, -0.05) is 30.3 Å². The molecular formula is C15H20N2O3. The predicted octanol–water partition coefficient (Wildman–Crippen LogP) is 1.45. The maximum atomic E-state index is 12.1. The third kappa shape index (κ3) is 3.57. The molecule has 1 saturated carbocycles. The zero-order valence-electron chi connectivity index (χ0n) is 11.3. The summed E-state index contributed by atoms with van der Waals surface area (Å²) in [5.74, 6) is -1.21. The third-order valence-electron chi connectivity index (χ3n) is 3.86.